The predicted octanol–water partition coefficient (Wildman–Crippen LogP) is 4.30. The lowest BCUT2D eigenvalue weighted by Gasteiger charge is -2.36. The van der Waals surface area contributed by atoms with Gasteiger partial charge in [0.25, 0.3) is 0 Å². The van der Waals surface area contributed by atoms with Crippen LogP contribution >= 0.6 is 0 Å². The Labute approximate surface area is 127 Å². The molecule has 2 unspecified atom stereocenters. The molecule has 0 amide bonds. The minimum absolute atomic E-state index is 0.666. The van der Waals surface area contributed by atoms with Gasteiger partial charge >= 0.3 is 0 Å². The topological polar surface area (TPSA) is 15.3 Å². The molecule has 0 aliphatic heterocycles. The summed E-state index contributed by atoms with van der Waals surface area (Å²) in [6.45, 7) is 15.4. The average Bonchev–Trinajstić information content (AvgIpc) is 2.94. The van der Waals surface area contributed by atoms with Crippen molar-refractivity contribution in [1.29, 1.82) is 0 Å². The fraction of sp³-hybridized carbons (Fsp3) is 1.00. The minimum Gasteiger partial charge on any atom is -0.312 e. The molecule has 1 fully saturated rings. The molecule has 1 N–H and O–H groups in total. The van der Waals surface area contributed by atoms with Gasteiger partial charge < -0.3 is 5.32 Å². The van der Waals surface area contributed by atoms with E-state index in [0.29, 0.717) is 6.04 Å². The fourth-order valence-electron chi connectivity index (χ4n) is 3.42. The van der Waals surface area contributed by atoms with Crippen molar-refractivity contribution in [3.8, 4) is 0 Å². The molecule has 0 radical (unpaired) electrons. The van der Waals surface area contributed by atoms with E-state index in [1.54, 1.807) is 0 Å². The molecule has 0 aromatic heterocycles. The molecule has 0 saturated heterocycles. The monoisotopic (exact) mass is 282 g/mol. The van der Waals surface area contributed by atoms with Crippen LogP contribution in [-0.2, 0) is 0 Å². The first-order valence-electron chi connectivity index (χ1n) is 9.05. The molecule has 1 saturated carbocycles. The maximum absolute atomic E-state index is 3.81. The lowest BCUT2D eigenvalue weighted by Crippen LogP contribution is -2.49. The zero-order chi connectivity index (χ0) is 15.0. The summed E-state index contributed by atoms with van der Waals surface area (Å²) in [6, 6.07) is 1.52. The molecule has 0 heterocycles. The van der Waals surface area contributed by atoms with Crippen molar-refractivity contribution < 1.29 is 0 Å². The molecule has 2 heteroatoms. The molecule has 1 rings (SSSR count). The van der Waals surface area contributed by atoms with Crippen molar-refractivity contribution in [3.63, 3.8) is 0 Å². The van der Waals surface area contributed by atoms with Gasteiger partial charge in [-0.25, -0.2) is 0 Å². The smallest absolute Gasteiger partial charge is 0.0220 e. The Balaban J connectivity index is 2.61. The molecule has 1 aliphatic rings. The van der Waals surface area contributed by atoms with Gasteiger partial charge in [-0.15, -0.1) is 0 Å². The molecule has 2 nitrogen and oxygen atoms in total. The largest absolute Gasteiger partial charge is 0.312 e. The maximum atomic E-state index is 3.81. The first kappa shape index (κ1) is 18.0. The highest BCUT2D eigenvalue weighted by Gasteiger charge is 2.26. The highest BCUT2D eigenvalue weighted by Crippen LogP contribution is 2.25. The Kier molecular flexibility index (Phi) is 8.79. The summed E-state index contributed by atoms with van der Waals surface area (Å²) < 4.78 is 0. The molecular weight excluding hydrogens is 244 g/mol. The third-order valence-corrected chi connectivity index (χ3v) is 4.86. The van der Waals surface area contributed by atoms with E-state index >= 15 is 0 Å². The Morgan fingerprint density at radius 3 is 2.20 bits per heavy atom. The van der Waals surface area contributed by atoms with Crippen LogP contribution in [0.4, 0.5) is 0 Å². The van der Waals surface area contributed by atoms with Crippen LogP contribution in [0.5, 0.6) is 0 Å². The number of hydrogen-bond acceptors (Lipinski definition) is 2. The second-order valence-electron chi connectivity index (χ2n) is 7.23. The Morgan fingerprint density at radius 2 is 1.70 bits per heavy atom. The van der Waals surface area contributed by atoms with Gasteiger partial charge in [-0.2, -0.15) is 0 Å². The summed E-state index contributed by atoms with van der Waals surface area (Å²) in [6.07, 6.45) is 8.24. The molecule has 120 valence electrons. The highest BCUT2D eigenvalue weighted by molar-refractivity contribution is 4.84. The molecule has 0 aromatic carbocycles. The third-order valence-electron chi connectivity index (χ3n) is 4.86. The van der Waals surface area contributed by atoms with E-state index in [1.165, 1.54) is 51.6 Å². The summed E-state index contributed by atoms with van der Waals surface area (Å²) in [5.41, 5.74) is 0. The number of hydrogen-bond donors (Lipinski definition) is 1. The van der Waals surface area contributed by atoms with Crippen molar-refractivity contribution in [2.45, 2.75) is 85.2 Å². The van der Waals surface area contributed by atoms with Gasteiger partial charge in [0, 0.05) is 25.2 Å². The molecule has 0 spiro atoms. The average molecular weight is 283 g/mol. The van der Waals surface area contributed by atoms with Crippen molar-refractivity contribution in [3.05, 3.63) is 0 Å². The van der Waals surface area contributed by atoms with Crippen LogP contribution in [0.15, 0.2) is 0 Å². The van der Waals surface area contributed by atoms with Gasteiger partial charge in [-0.05, 0) is 37.6 Å². The fourth-order valence-corrected chi connectivity index (χ4v) is 3.42. The molecule has 0 bridgehead atoms. The quantitative estimate of drug-likeness (QED) is 0.642. The Morgan fingerprint density at radius 1 is 1.05 bits per heavy atom. The summed E-state index contributed by atoms with van der Waals surface area (Å²) in [5.74, 6) is 1.55. The van der Waals surface area contributed by atoms with Crippen molar-refractivity contribution >= 4 is 0 Å². The van der Waals surface area contributed by atoms with E-state index in [1.807, 2.05) is 0 Å². The maximum Gasteiger partial charge on any atom is 0.0220 e. The lowest BCUT2D eigenvalue weighted by atomic mass is 9.97. The number of nitrogens with zero attached hydrogens (tertiary/aromatic N) is 1. The first-order chi connectivity index (χ1) is 9.58. The van der Waals surface area contributed by atoms with Gasteiger partial charge in [-0.1, -0.05) is 53.9 Å². The second-order valence-corrected chi connectivity index (χ2v) is 7.23. The first-order valence-corrected chi connectivity index (χ1v) is 9.05. The number of rotatable bonds is 10. The molecule has 2 atom stereocenters. The van der Waals surface area contributed by atoms with Gasteiger partial charge in [0.05, 0.1) is 0 Å². The summed E-state index contributed by atoms with van der Waals surface area (Å²) in [5, 5.41) is 3.81. The van der Waals surface area contributed by atoms with Crippen LogP contribution in [0.3, 0.4) is 0 Å². The van der Waals surface area contributed by atoms with Gasteiger partial charge in [0.1, 0.15) is 0 Å². The van der Waals surface area contributed by atoms with Gasteiger partial charge in [-0.3, -0.25) is 4.90 Å². The molecule has 0 aromatic rings. The summed E-state index contributed by atoms with van der Waals surface area (Å²) in [4.78, 5) is 2.80. The predicted molar refractivity (Wildman–Crippen MR) is 90.2 cm³/mol. The standard InChI is InChI=1S/C18H38N2/c1-6-12-19-18(16(5)7-2)14-20(13-15(3)4)17-10-8-9-11-17/h15-19H,6-14H2,1-5H3. The van der Waals surface area contributed by atoms with Crippen LogP contribution in [0, 0.1) is 11.8 Å². The van der Waals surface area contributed by atoms with Crippen LogP contribution in [0.25, 0.3) is 0 Å². The Hall–Kier alpha value is -0.0800. The van der Waals surface area contributed by atoms with E-state index in [9.17, 15) is 0 Å². The van der Waals surface area contributed by atoms with Crippen LogP contribution in [-0.4, -0.2) is 36.6 Å². The van der Waals surface area contributed by atoms with Crippen molar-refractivity contribution in [1.82, 2.24) is 10.2 Å². The molecular formula is C18H38N2. The molecule has 1 aliphatic carbocycles. The normalized spacial score (nSPS) is 19.9. The second kappa shape index (κ2) is 9.78. The lowest BCUT2D eigenvalue weighted by molar-refractivity contribution is 0.142. The van der Waals surface area contributed by atoms with Crippen molar-refractivity contribution in [2.24, 2.45) is 11.8 Å². The van der Waals surface area contributed by atoms with E-state index < -0.39 is 0 Å². The Bertz CT molecular complexity index is 234. The summed E-state index contributed by atoms with van der Waals surface area (Å²) in [7, 11) is 0. The zero-order valence-corrected chi connectivity index (χ0v) is 14.6. The van der Waals surface area contributed by atoms with Gasteiger partial charge in [0.2, 0.25) is 0 Å². The van der Waals surface area contributed by atoms with Crippen LogP contribution in [0.1, 0.15) is 73.1 Å². The van der Waals surface area contributed by atoms with E-state index in [2.05, 4.69) is 44.8 Å². The SMILES string of the molecule is CCCNC(CN(CC(C)C)C1CCCC1)C(C)CC. The van der Waals surface area contributed by atoms with Gasteiger partial charge in [0.15, 0.2) is 0 Å². The van der Waals surface area contributed by atoms with E-state index in [4.69, 9.17) is 0 Å². The van der Waals surface area contributed by atoms with Crippen LogP contribution < -0.4 is 5.32 Å². The van der Waals surface area contributed by atoms with Crippen molar-refractivity contribution in [2.75, 3.05) is 19.6 Å². The minimum atomic E-state index is 0.666. The summed E-state index contributed by atoms with van der Waals surface area (Å²) >= 11 is 0. The number of nitrogens with one attached hydrogen (secondary N) is 1. The van der Waals surface area contributed by atoms with Crippen LogP contribution in [0.2, 0.25) is 0 Å². The third kappa shape index (κ3) is 6.13. The highest BCUT2D eigenvalue weighted by atomic mass is 15.2. The van der Waals surface area contributed by atoms with E-state index in [-0.39, 0.29) is 0 Å². The molecule has 20 heavy (non-hydrogen) atoms. The van der Waals surface area contributed by atoms with E-state index in [0.717, 1.165) is 24.4 Å². The zero-order valence-electron chi connectivity index (χ0n) is 14.6.